The number of hydrogen-bond donors (Lipinski definition) is 1. The molecular formula is C19H20N4O2. The Morgan fingerprint density at radius 2 is 1.88 bits per heavy atom. The molecule has 6 nitrogen and oxygen atoms in total. The monoisotopic (exact) mass is 336 g/mol. The highest BCUT2D eigenvalue weighted by Crippen LogP contribution is 2.11. The van der Waals surface area contributed by atoms with Crippen LogP contribution < -0.4 is 5.56 Å². The van der Waals surface area contributed by atoms with Crippen LogP contribution in [0.1, 0.15) is 47.2 Å². The van der Waals surface area contributed by atoms with Gasteiger partial charge in [-0.15, -0.1) is 0 Å². The number of Topliss-reactive ketones (excluding diaryl/α,β-unsaturated/α-hetero) is 1. The minimum atomic E-state index is -0.268. The van der Waals surface area contributed by atoms with Crippen molar-refractivity contribution >= 4 is 16.9 Å². The van der Waals surface area contributed by atoms with Crippen LogP contribution in [0.5, 0.6) is 0 Å². The Labute approximate surface area is 145 Å². The summed E-state index contributed by atoms with van der Waals surface area (Å²) >= 11 is 0. The first-order chi connectivity index (χ1) is 12.1. The van der Waals surface area contributed by atoms with Gasteiger partial charge < -0.3 is 4.98 Å². The van der Waals surface area contributed by atoms with Gasteiger partial charge in [-0.2, -0.15) is 0 Å². The molecule has 1 aromatic carbocycles. The van der Waals surface area contributed by atoms with Gasteiger partial charge in [0.2, 0.25) is 0 Å². The van der Waals surface area contributed by atoms with Crippen molar-refractivity contribution in [3.63, 3.8) is 0 Å². The Morgan fingerprint density at radius 1 is 1.12 bits per heavy atom. The molecule has 25 heavy (non-hydrogen) atoms. The lowest BCUT2D eigenvalue weighted by Crippen LogP contribution is -2.13. The molecule has 0 aliphatic heterocycles. The Bertz CT molecular complexity index is 961. The van der Waals surface area contributed by atoms with Crippen molar-refractivity contribution in [3.05, 3.63) is 63.5 Å². The third kappa shape index (κ3) is 3.96. The molecule has 0 bridgehead atoms. The minimum absolute atomic E-state index is 0.177. The molecule has 0 aliphatic carbocycles. The van der Waals surface area contributed by atoms with Crippen molar-refractivity contribution < 1.29 is 4.79 Å². The zero-order chi connectivity index (χ0) is 17.8. The van der Waals surface area contributed by atoms with Crippen LogP contribution in [0.3, 0.4) is 0 Å². The van der Waals surface area contributed by atoms with E-state index >= 15 is 0 Å². The summed E-state index contributed by atoms with van der Waals surface area (Å²) in [6, 6.07) is 7.68. The number of ketones is 1. The highest BCUT2D eigenvalue weighted by molar-refractivity contribution is 5.96. The van der Waals surface area contributed by atoms with E-state index in [0.29, 0.717) is 24.3 Å². The van der Waals surface area contributed by atoms with Crippen LogP contribution in [0.25, 0.3) is 11.2 Å². The van der Waals surface area contributed by atoms with Crippen LogP contribution in [-0.2, 0) is 12.8 Å². The van der Waals surface area contributed by atoms with Gasteiger partial charge in [-0.05, 0) is 31.7 Å². The molecule has 0 aliphatic rings. The fourth-order valence-corrected chi connectivity index (χ4v) is 2.69. The molecule has 0 amide bonds. The highest BCUT2D eigenvalue weighted by atomic mass is 16.1. The van der Waals surface area contributed by atoms with E-state index in [1.54, 1.807) is 13.1 Å². The summed E-state index contributed by atoms with van der Waals surface area (Å²) in [4.78, 5) is 39.2. The summed E-state index contributed by atoms with van der Waals surface area (Å²) in [6.45, 7) is 3.71. The van der Waals surface area contributed by atoms with Gasteiger partial charge in [0, 0.05) is 12.0 Å². The Kier molecular flexibility index (Phi) is 4.97. The average molecular weight is 336 g/mol. The minimum Gasteiger partial charge on any atom is -0.309 e. The normalized spacial score (nSPS) is 11.0. The second-order valence-electron chi connectivity index (χ2n) is 6.05. The maximum Gasteiger partial charge on any atom is 0.279 e. The summed E-state index contributed by atoms with van der Waals surface area (Å²) in [6.07, 6.45) is 4.52. The van der Waals surface area contributed by atoms with Gasteiger partial charge in [-0.25, -0.2) is 15.0 Å². The van der Waals surface area contributed by atoms with E-state index in [9.17, 15) is 9.59 Å². The molecule has 6 heteroatoms. The number of H-pyrrole nitrogens is 1. The van der Waals surface area contributed by atoms with E-state index in [2.05, 4.69) is 19.9 Å². The molecule has 1 N–H and O–H groups in total. The van der Waals surface area contributed by atoms with Gasteiger partial charge in [-0.3, -0.25) is 9.59 Å². The maximum atomic E-state index is 12.0. The van der Waals surface area contributed by atoms with Crippen LogP contribution in [0.15, 0.2) is 35.3 Å². The predicted octanol–water partition coefficient (Wildman–Crippen LogP) is 2.79. The third-order valence-electron chi connectivity index (χ3n) is 4.01. The van der Waals surface area contributed by atoms with Gasteiger partial charge in [0.05, 0.1) is 11.9 Å². The van der Waals surface area contributed by atoms with Crippen molar-refractivity contribution in [2.24, 2.45) is 0 Å². The number of nitrogens with zero attached hydrogens (tertiary/aromatic N) is 3. The van der Waals surface area contributed by atoms with Crippen LogP contribution in [-0.4, -0.2) is 25.7 Å². The van der Waals surface area contributed by atoms with Crippen molar-refractivity contribution in [2.45, 2.75) is 39.5 Å². The van der Waals surface area contributed by atoms with Crippen molar-refractivity contribution in [2.75, 3.05) is 0 Å². The first kappa shape index (κ1) is 17.0. The number of fused-ring (bicyclic) bond motifs is 1. The molecule has 0 saturated heterocycles. The number of hydrogen-bond acceptors (Lipinski definition) is 5. The van der Waals surface area contributed by atoms with Crippen LogP contribution >= 0.6 is 0 Å². The Morgan fingerprint density at radius 3 is 2.60 bits per heavy atom. The van der Waals surface area contributed by atoms with E-state index in [-0.39, 0.29) is 16.9 Å². The maximum absolute atomic E-state index is 12.0. The molecule has 0 radical (unpaired) electrons. The zero-order valence-electron chi connectivity index (χ0n) is 14.4. The summed E-state index contributed by atoms with van der Waals surface area (Å²) < 4.78 is 0. The lowest BCUT2D eigenvalue weighted by Gasteiger charge is -2.04. The number of carbonyl (C=O) groups is 1. The summed E-state index contributed by atoms with van der Waals surface area (Å²) in [5.74, 6) is 0.703. The molecule has 2 heterocycles. The van der Waals surface area contributed by atoms with Gasteiger partial charge in [0.15, 0.2) is 16.9 Å². The molecule has 2 aromatic heterocycles. The van der Waals surface area contributed by atoms with Crippen molar-refractivity contribution in [1.82, 2.24) is 19.9 Å². The van der Waals surface area contributed by atoms with Crippen molar-refractivity contribution in [3.8, 4) is 0 Å². The number of benzene rings is 1. The summed E-state index contributed by atoms with van der Waals surface area (Å²) in [5.41, 5.74) is 2.98. The number of rotatable bonds is 6. The van der Waals surface area contributed by atoms with Gasteiger partial charge in [0.25, 0.3) is 5.56 Å². The second-order valence-corrected chi connectivity index (χ2v) is 6.05. The molecule has 3 rings (SSSR count). The number of carbonyl (C=O) groups excluding carboxylic acids is 1. The summed E-state index contributed by atoms with van der Waals surface area (Å²) in [7, 11) is 0. The van der Waals surface area contributed by atoms with E-state index < -0.39 is 0 Å². The Hall–Kier alpha value is -2.89. The fourth-order valence-electron chi connectivity index (χ4n) is 2.69. The van der Waals surface area contributed by atoms with E-state index in [1.165, 1.54) is 0 Å². The molecule has 0 unspecified atom stereocenters. The summed E-state index contributed by atoms with van der Waals surface area (Å²) in [5, 5.41) is 0. The predicted molar refractivity (Wildman–Crippen MR) is 95.8 cm³/mol. The van der Waals surface area contributed by atoms with Gasteiger partial charge in [-0.1, -0.05) is 31.2 Å². The molecule has 3 aromatic rings. The fraction of sp³-hybridized carbons (Fsp3) is 0.316. The molecule has 0 spiro atoms. The topological polar surface area (TPSA) is 88.6 Å². The van der Waals surface area contributed by atoms with Crippen LogP contribution in [0, 0.1) is 6.92 Å². The van der Waals surface area contributed by atoms with Crippen LogP contribution in [0.4, 0.5) is 0 Å². The Balaban J connectivity index is 1.72. The number of aromatic amines is 1. The highest BCUT2D eigenvalue weighted by Gasteiger charge is 2.07. The first-order valence-corrected chi connectivity index (χ1v) is 8.41. The number of aromatic nitrogens is 4. The van der Waals surface area contributed by atoms with Gasteiger partial charge >= 0.3 is 0 Å². The van der Waals surface area contributed by atoms with Crippen molar-refractivity contribution in [1.29, 1.82) is 0 Å². The molecule has 0 fully saturated rings. The first-order valence-electron chi connectivity index (χ1n) is 8.41. The van der Waals surface area contributed by atoms with E-state index in [4.69, 9.17) is 0 Å². The lowest BCUT2D eigenvalue weighted by atomic mass is 10.0. The van der Waals surface area contributed by atoms with E-state index in [0.717, 1.165) is 29.7 Å². The lowest BCUT2D eigenvalue weighted by molar-refractivity contribution is 0.0981. The van der Waals surface area contributed by atoms with Crippen LogP contribution in [0.2, 0.25) is 0 Å². The zero-order valence-corrected chi connectivity index (χ0v) is 14.4. The molecule has 0 saturated carbocycles. The quantitative estimate of drug-likeness (QED) is 0.699. The standard InChI is InChI=1S/C19H20N4O2/c1-3-4-16(24)14-8-5-13(6-9-14)7-10-15-11-20-18-17(23-15)19(25)22-12(2)21-18/h5-6,8-9,11H,3-4,7,10H2,1-2H3,(H,20,21,22,25). The third-order valence-corrected chi connectivity index (χ3v) is 4.01. The molecule has 128 valence electrons. The number of nitrogens with one attached hydrogen (secondary N) is 1. The average Bonchev–Trinajstić information content (AvgIpc) is 2.61. The van der Waals surface area contributed by atoms with Gasteiger partial charge in [0.1, 0.15) is 5.82 Å². The smallest absolute Gasteiger partial charge is 0.279 e. The largest absolute Gasteiger partial charge is 0.309 e. The number of aryl methyl sites for hydroxylation is 3. The molecule has 0 atom stereocenters. The molecular weight excluding hydrogens is 316 g/mol. The second kappa shape index (κ2) is 7.34. The van der Waals surface area contributed by atoms with E-state index in [1.807, 2.05) is 31.2 Å². The SMILES string of the molecule is CCCC(=O)c1ccc(CCc2cnc3nc(C)[nH]c(=O)c3n2)cc1.